The van der Waals surface area contributed by atoms with E-state index < -0.39 is 12.1 Å². The molecule has 0 bridgehead atoms. The van der Waals surface area contributed by atoms with E-state index in [2.05, 4.69) is 17.6 Å². The molecule has 1 atom stereocenters. The van der Waals surface area contributed by atoms with E-state index in [1.807, 2.05) is 38.1 Å². The average Bonchev–Trinajstić information content (AvgIpc) is 2.45. The maximum atomic E-state index is 12.3. The largest absolute Gasteiger partial charge is 0.450 e. The SMILES string of the molecule is CCOC(=O)N[C@H](C(=O)Nc1ccc(CC)cc1)C(C)C. The van der Waals surface area contributed by atoms with E-state index in [-0.39, 0.29) is 18.4 Å². The van der Waals surface area contributed by atoms with E-state index in [4.69, 9.17) is 4.74 Å². The molecule has 0 saturated carbocycles. The van der Waals surface area contributed by atoms with Gasteiger partial charge in [0.1, 0.15) is 6.04 Å². The van der Waals surface area contributed by atoms with Crippen LogP contribution >= 0.6 is 0 Å². The van der Waals surface area contributed by atoms with Crippen LogP contribution in [0.1, 0.15) is 33.3 Å². The summed E-state index contributed by atoms with van der Waals surface area (Å²) in [6, 6.07) is 7.03. The fraction of sp³-hybridized carbons (Fsp3) is 0.500. The number of alkyl carbamates (subject to hydrolysis) is 1. The number of hydrogen-bond donors (Lipinski definition) is 2. The zero-order valence-corrected chi connectivity index (χ0v) is 13.1. The van der Waals surface area contributed by atoms with Gasteiger partial charge in [0.2, 0.25) is 5.91 Å². The Morgan fingerprint density at radius 2 is 1.76 bits per heavy atom. The maximum absolute atomic E-state index is 12.3. The van der Waals surface area contributed by atoms with Crippen LogP contribution in [0.5, 0.6) is 0 Å². The van der Waals surface area contributed by atoms with Gasteiger partial charge < -0.3 is 15.4 Å². The van der Waals surface area contributed by atoms with Gasteiger partial charge in [-0.05, 0) is 37.0 Å². The number of hydrogen-bond acceptors (Lipinski definition) is 3. The van der Waals surface area contributed by atoms with Gasteiger partial charge in [-0.2, -0.15) is 0 Å². The molecule has 1 aromatic rings. The molecule has 0 radical (unpaired) electrons. The number of amides is 2. The molecule has 0 aliphatic carbocycles. The Morgan fingerprint density at radius 3 is 2.24 bits per heavy atom. The van der Waals surface area contributed by atoms with Crippen LogP contribution in [0.25, 0.3) is 0 Å². The Bertz CT molecular complexity index is 469. The molecule has 1 rings (SSSR count). The number of anilines is 1. The predicted octanol–water partition coefficient (Wildman–Crippen LogP) is 2.96. The third-order valence-electron chi connectivity index (χ3n) is 3.13. The minimum absolute atomic E-state index is 0.0377. The normalized spacial score (nSPS) is 11.9. The summed E-state index contributed by atoms with van der Waals surface area (Å²) in [5, 5.41) is 5.40. The summed E-state index contributed by atoms with van der Waals surface area (Å²) < 4.78 is 4.82. The Balaban J connectivity index is 2.69. The number of nitrogens with one attached hydrogen (secondary N) is 2. The fourth-order valence-corrected chi connectivity index (χ4v) is 1.88. The van der Waals surface area contributed by atoms with Crippen molar-refractivity contribution in [1.29, 1.82) is 0 Å². The van der Waals surface area contributed by atoms with E-state index in [1.165, 1.54) is 5.56 Å². The molecule has 116 valence electrons. The van der Waals surface area contributed by atoms with Crippen LogP contribution in [-0.2, 0) is 16.0 Å². The van der Waals surface area contributed by atoms with Crippen molar-refractivity contribution in [3.8, 4) is 0 Å². The lowest BCUT2D eigenvalue weighted by molar-refractivity contribution is -0.119. The molecule has 0 aliphatic rings. The summed E-state index contributed by atoms with van der Waals surface area (Å²) in [6.07, 6.45) is 0.375. The van der Waals surface area contributed by atoms with Crippen LogP contribution in [0.4, 0.5) is 10.5 Å². The molecule has 21 heavy (non-hydrogen) atoms. The summed E-state index contributed by atoms with van der Waals surface area (Å²) in [5.74, 6) is -0.286. The number of benzene rings is 1. The van der Waals surface area contributed by atoms with E-state index in [0.29, 0.717) is 5.69 Å². The van der Waals surface area contributed by atoms with Gasteiger partial charge in [0.25, 0.3) is 0 Å². The van der Waals surface area contributed by atoms with E-state index in [9.17, 15) is 9.59 Å². The molecule has 2 amide bonds. The van der Waals surface area contributed by atoms with Crippen molar-refractivity contribution < 1.29 is 14.3 Å². The lowest BCUT2D eigenvalue weighted by atomic mass is 10.0. The molecule has 0 fully saturated rings. The Hall–Kier alpha value is -2.04. The van der Waals surface area contributed by atoms with Gasteiger partial charge >= 0.3 is 6.09 Å². The molecule has 0 unspecified atom stereocenters. The minimum Gasteiger partial charge on any atom is -0.450 e. The fourth-order valence-electron chi connectivity index (χ4n) is 1.88. The van der Waals surface area contributed by atoms with Crippen LogP contribution in [-0.4, -0.2) is 24.6 Å². The second-order valence-corrected chi connectivity index (χ2v) is 5.13. The van der Waals surface area contributed by atoms with Crippen molar-refractivity contribution >= 4 is 17.7 Å². The summed E-state index contributed by atoms with van der Waals surface area (Å²) in [6.45, 7) is 7.81. The second-order valence-electron chi connectivity index (χ2n) is 5.13. The molecule has 5 heteroatoms. The van der Waals surface area contributed by atoms with Crippen LogP contribution in [0.2, 0.25) is 0 Å². The minimum atomic E-state index is -0.630. The summed E-state index contributed by atoms with van der Waals surface area (Å²) in [4.78, 5) is 23.8. The number of ether oxygens (including phenoxy) is 1. The number of carbonyl (C=O) groups is 2. The summed E-state index contributed by atoms with van der Waals surface area (Å²) >= 11 is 0. The van der Waals surface area contributed by atoms with Crippen molar-refractivity contribution in [3.05, 3.63) is 29.8 Å². The Labute approximate surface area is 126 Å². The standard InChI is InChI=1S/C16H24N2O3/c1-5-12-7-9-13(10-8-12)17-15(19)14(11(3)4)18-16(20)21-6-2/h7-11,14H,5-6H2,1-4H3,(H,17,19)(H,18,20)/t14-/m0/s1. The molecule has 0 aromatic heterocycles. The molecule has 5 nitrogen and oxygen atoms in total. The first-order valence-corrected chi connectivity index (χ1v) is 7.31. The molecular weight excluding hydrogens is 268 g/mol. The van der Waals surface area contributed by atoms with Gasteiger partial charge in [0.15, 0.2) is 0 Å². The molecule has 1 aromatic carbocycles. The zero-order valence-electron chi connectivity index (χ0n) is 13.1. The highest BCUT2D eigenvalue weighted by Crippen LogP contribution is 2.12. The first-order valence-electron chi connectivity index (χ1n) is 7.31. The van der Waals surface area contributed by atoms with Crippen molar-refractivity contribution in [2.45, 2.75) is 40.2 Å². The maximum Gasteiger partial charge on any atom is 0.407 e. The van der Waals surface area contributed by atoms with Gasteiger partial charge in [0.05, 0.1) is 6.61 Å². The monoisotopic (exact) mass is 292 g/mol. The van der Waals surface area contributed by atoms with Gasteiger partial charge in [0, 0.05) is 5.69 Å². The lowest BCUT2D eigenvalue weighted by Crippen LogP contribution is -2.47. The highest BCUT2D eigenvalue weighted by molar-refractivity contribution is 5.96. The van der Waals surface area contributed by atoms with Crippen molar-refractivity contribution in [1.82, 2.24) is 5.32 Å². The summed E-state index contributed by atoms with van der Waals surface area (Å²) in [7, 11) is 0. The first kappa shape index (κ1) is 17.0. The van der Waals surface area contributed by atoms with Gasteiger partial charge in [-0.25, -0.2) is 4.79 Å². The highest BCUT2D eigenvalue weighted by Gasteiger charge is 2.24. The van der Waals surface area contributed by atoms with Crippen LogP contribution in [0.3, 0.4) is 0 Å². The summed E-state index contributed by atoms with van der Waals surface area (Å²) in [5.41, 5.74) is 1.92. The number of carbonyl (C=O) groups excluding carboxylic acids is 2. The molecule has 0 spiro atoms. The van der Waals surface area contributed by atoms with Crippen molar-refractivity contribution in [2.24, 2.45) is 5.92 Å². The second kappa shape index (κ2) is 8.29. The van der Waals surface area contributed by atoms with Crippen LogP contribution in [0, 0.1) is 5.92 Å². The molecule has 2 N–H and O–H groups in total. The number of aryl methyl sites for hydroxylation is 1. The third-order valence-corrected chi connectivity index (χ3v) is 3.13. The average molecular weight is 292 g/mol. The van der Waals surface area contributed by atoms with Crippen LogP contribution < -0.4 is 10.6 Å². The number of rotatable bonds is 6. The Morgan fingerprint density at radius 1 is 1.14 bits per heavy atom. The molecule has 0 aliphatic heterocycles. The zero-order chi connectivity index (χ0) is 15.8. The van der Waals surface area contributed by atoms with Crippen molar-refractivity contribution in [2.75, 3.05) is 11.9 Å². The van der Waals surface area contributed by atoms with E-state index >= 15 is 0 Å². The Kier molecular flexibility index (Phi) is 6.72. The lowest BCUT2D eigenvalue weighted by Gasteiger charge is -2.21. The molecular formula is C16H24N2O3. The predicted molar refractivity (Wildman–Crippen MR) is 83.2 cm³/mol. The molecule has 0 saturated heterocycles. The van der Waals surface area contributed by atoms with Crippen LogP contribution in [0.15, 0.2) is 24.3 Å². The highest BCUT2D eigenvalue weighted by atomic mass is 16.5. The third kappa shape index (κ3) is 5.45. The first-order chi connectivity index (χ1) is 9.97. The van der Waals surface area contributed by atoms with Gasteiger partial charge in [-0.15, -0.1) is 0 Å². The van der Waals surface area contributed by atoms with Gasteiger partial charge in [-0.1, -0.05) is 32.9 Å². The van der Waals surface area contributed by atoms with Crippen molar-refractivity contribution in [3.63, 3.8) is 0 Å². The van der Waals surface area contributed by atoms with E-state index in [1.54, 1.807) is 6.92 Å². The quantitative estimate of drug-likeness (QED) is 0.847. The molecule has 0 heterocycles. The smallest absolute Gasteiger partial charge is 0.407 e. The topological polar surface area (TPSA) is 67.4 Å². The van der Waals surface area contributed by atoms with E-state index in [0.717, 1.165) is 6.42 Å². The van der Waals surface area contributed by atoms with Gasteiger partial charge in [-0.3, -0.25) is 4.79 Å².